The highest BCUT2D eigenvalue weighted by molar-refractivity contribution is 6.99. The summed E-state index contributed by atoms with van der Waals surface area (Å²) in [6.45, 7) is 43.4. The summed E-state index contributed by atoms with van der Waals surface area (Å²) in [5.41, 5.74) is 18.6. The van der Waals surface area contributed by atoms with Crippen LogP contribution in [0.2, 0.25) is 39.3 Å². The van der Waals surface area contributed by atoms with E-state index in [0.717, 1.165) is 0 Å². The lowest BCUT2D eigenvalue weighted by Gasteiger charge is -2.51. The molecular formula is C63H78N2Si2. The van der Waals surface area contributed by atoms with E-state index in [4.69, 9.17) is 0 Å². The number of hydrogen-bond acceptors (Lipinski definition) is 2. The fourth-order valence-electron chi connectivity index (χ4n) is 11.4. The lowest BCUT2D eigenvalue weighted by atomic mass is 9.86. The minimum Gasteiger partial charge on any atom is -0.310 e. The smallest absolute Gasteiger partial charge is 0.0579 e. The summed E-state index contributed by atoms with van der Waals surface area (Å²) in [5.74, 6) is 0. The molecule has 4 heteroatoms. The van der Waals surface area contributed by atoms with Crippen molar-refractivity contribution in [3.63, 3.8) is 0 Å². The van der Waals surface area contributed by atoms with E-state index in [1.165, 1.54) is 89.4 Å². The van der Waals surface area contributed by atoms with E-state index in [9.17, 15) is 0 Å². The second kappa shape index (κ2) is 16.5. The van der Waals surface area contributed by atoms with Gasteiger partial charge in [0, 0.05) is 38.8 Å². The first-order valence-electron chi connectivity index (χ1n) is 24.8. The summed E-state index contributed by atoms with van der Waals surface area (Å²) >= 11 is 0. The van der Waals surface area contributed by atoms with Gasteiger partial charge >= 0.3 is 0 Å². The summed E-state index contributed by atoms with van der Waals surface area (Å²) in [6.07, 6.45) is 0. The SMILES string of the molecule is CC(C)(C)c1ccc(N(c2ccc(C(C)(C)C)cc2)c2ccc3c(c2)C([Si](C)(C)C)([Si](C)(C)C)c2cc4cc(N(c5ccc(C(C)(C)C)cc5)c5ccc(C(C)(C)C)cc5)ccc4cc2-3)cc1. The first-order chi connectivity index (χ1) is 31.0. The van der Waals surface area contributed by atoms with Crippen LogP contribution in [0.15, 0.2) is 146 Å². The average molecular weight is 920 g/mol. The Kier molecular flexibility index (Phi) is 11.9. The van der Waals surface area contributed by atoms with E-state index in [1.54, 1.807) is 0 Å². The summed E-state index contributed by atoms with van der Waals surface area (Å²) in [4.78, 5) is 4.95. The van der Waals surface area contributed by atoms with Crippen molar-refractivity contribution < 1.29 is 0 Å². The van der Waals surface area contributed by atoms with Crippen molar-refractivity contribution in [2.24, 2.45) is 0 Å². The van der Waals surface area contributed by atoms with Gasteiger partial charge in [0.1, 0.15) is 0 Å². The Morgan fingerprint density at radius 3 is 0.925 bits per heavy atom. The van der Waals surface area contributed by atoms with Crippen molar-refractivity contribution in [3.8, 4) is 11.1 Å². The molecule has 0 N–H and O–H groups in total. The third-order valence-corrected chi connectivity index (χ3v) is 24.9. The van der Waals surface area contributed by atoms with E-state index in [2.05, 4.69) is 278 Å². The van der Waals surface area contributed by atoms with E-state index in [-0.39, 0.29) is 26.3 Å². The Bertz CT molecular complexity index is 2790. The average Bonchev–Trinajstić information content (AvgIpc) is 3.53. The molecule has 0 aliphatic heterocycles. The lowest BCUT2D eigenvalue weighted by molar-refractivity contribution is 0.590. The van der Waals surface area contributed by atoms with Crippen molar-refractivity contribution in [1.29, 1.82) is 0 Å². The van der Waals surface area contributed by atoms with Gasteiger partial charge < -0.3 is 9.80 Å². The second-order valence-corrected chi connectivity index (χ2v) is 36.8. The van der Waals surface area contributed by atoms with Gasteiger partial charge in [-0.15, -0.1) is 0 Å². The molecule has 0 saturated carbocycles. The molecule has 0 spiro atoms. The maximum atomic E-state index is 2.63. The molecule has 0 radical (unpaired) electrons. The Morgan fingerprint density at radius 2 is 0.597 bits per heavy atom. The van der Waals surface area contributed by atoms with Gasteiger partial charge in [0.05, 0.1) is 16.1 Å². The quantitative estimate of drug-likeness (QED) is 0.140. The molecule has 0 fully saturated rings. The van der Waals surface area contributed by atoms with Crippen LogP contribution in [0.25, 0.3) is 21.9 Å². The molecule has 7 aromatic rings. The molecule has 0 amide bonds. The largest absolute Gasteiger partial charge is 0.310 e. The van der Waals surface area contributed by atoms with E-state index in [1.807, 2.05) is 0 Å². The van der Waals surface area contributed by atoms with Crippen LogP contribution in [0.5, 0.6) is 0 Å². The molecule has 0 unspecified atom stereocenters. The van der Waals surface area contributed by atoms with Crippen LogP contribution in [0.4, 0.5) is 34.1 Å². The molecule has 1 aliphatic carbocycles. The predicted molar refractivity (Wildman–Crippen MR) is 301 cm³/mol. The molecular weight excluding hydrogens is 841 g/mol. The fourth-order valence-corrected chi connectivity index (χ4v) is 24.5. The molecule has 67 heavy (non-hydrogen) atoms. The summed E-state index contributed by atoms with van der Waals surface area (Å²) in [6, 6.07) is 56.9. The maximum Gasteiger partial charge on any atom is 0.0579 e. The number of benzene rings is 7. The molecule has 7 aromatic carbocycles. The zero-order chi connectivity index (χ0) is 48.9. The topological polar surface area (TPSA) is 6.48 Å². The monoisotopic (exact) mass is 919 g/mol. The van der Waals surface area contributed by atoms with E-state index in [0.29, 0.717) is 0 Å². The Labute approximate surface area is 407 Å². The molecule has 0 heterocycles. The van der Waals surface area contributed by atoms with Gasteiger partial charge in [-0.2, -0.15) is 0 Å². The van der Waals surface area contributed by atoms with Crippen LogP contribution in [0, 0.1) is 0 Å². The minimum absolute atomic E-state index is 0.0476. The highest BCUT2D eigenvalue weighted by atomic mass is 28.4. The molecule has 0 atom stereocenters. The third-order valence-electron chi connectivity index (χ3n) is 14.8. The Hall–Kier alpha value is -5.17. The summed E-state index contributed by atoms with van der Waals surface area (Å²) in [7, 11) is -4.05. The van der Waals surface area contributed by atoms with Gasteiger partial charge in [-0.3, -0.25) is 0 Å². The van der Waals surface area contributed by atoms with Crippen LogP contribution in [0.3, 0.4) is 0 Å². The van der Waals surface area contributed by atoms with Crippen LogP contribution in [0.1, 0.15) is 116 Å². The number of fused-ring (bicyclic) bond motifs is 4. The van der Waals surface area contributed by atoms with Gasteiger partial charge in [-0.05, 0) is 156 Å². The van der Waals surface area contributed by atoms with Gasteiger partial charge in [0.25, 0.3) is 0 Å². The van der Waals surface area contributed by atoms with Crippen LogP contribution in [-0.2, 0) is 26.3 Å². The third kappa shape index (κ3) is 8.78. The lowest BCUT2D eigenvalue weighted by Crippen LogP contribution is -2.63. The molecule has 0 bridgehead atoms. The van der Waals surface area contributed by atoms with Gasteiger partial charge in [0.2, 0.25) is 0 Å². The highest BCUT2D eigenvalue weighted by Crippen LogP contribution is 2.60. The van der Waals surface area contributed by atoms with Crippen molar-refractivity contribution in [1.82, 2.24) is 0 Å². The first kappa shape index (κ1) is 48.3. The molecule has 0 saturated heterocycles. The van der Waals surface area contributed by atoms with Crippen LogP contribution >= 0.6 is 0 Å². The molecule has 0 aromatic heterocycles. The minimum atomic E-state index is -2.02. The van der Waals surface area contributed by atoms with Gasteiger partial charge in [-0.25, -0.2) is 0 Å². The highest BCUT2D eigenvalue weighted by Gasteiger charge is 2.59. The van der Waals surface area contributed by atoms with E-state index >= 15 is 0 Å². The first-order valence-corrected chi connectivity index (χ1v) is 31.8. The van der Waals surface area contributed by atoms with Gasteiger partial charge in [-0.1, -0.05) is 189 Å². The Balaban J connectivity index is 1.32. The van der Waals surface area contributed by atoms with Crippen LogP contribution < -0.4 is 9.80 Å². The Morgan fingerprint density at radius 1 is 0.299 bits per heavy atom. The van der Waals surface area contributed by atoms with Crippen molar-refractivity contribution >= 4 is 61.0 Å². The normalized spacial score (nSPS) is 14.2. The molecule has 2 nitrogen and oxygen atoms in total. The predicted octanol–water partition coefficient (Wildman–Crippen LogP) is 19.0. The fraction of sp³-hybridized carbons (Fsp3) is 0.365. The number of hydrogen-bond donors (Lipinski definition) is 0. The standard InChI is InChI=1S/C63H78N2Si2/c1-59(2,3)45-20-29-49(30-21-45)64(50-31-22-46(23-32-50)60(4,5)6)53-28-19-43-40-56-55-38-37-54(42-58(55)63(66(13,14)15,67(16,17)18)57(56)41-44(43)39-53)65(51-33-24-47(25-34-51)61(7,8)9)52-35-26-48(27-36-52)62(10,11)12/h19-42H,1-18H3. The summed E-state index contributed by atoms with van der Waals surface area (Å²) in [5, 5.41) is 2.58. The van der Waals surface area contributed by atoms with Crippen LogP contribution in [-0.4, -0.2) is 16.1 Å². The summed E-state index contributed by atoms with van der Waals surface area (Å²) < 4.78 is -0.0476. The molecule has 8 rings (SSSR count). The zero-order valence-corrected chi connectivity index (χ0v) is 46.3. The zero-order valence-electron chi connectivity index (χ0n) is 44.3. The second-order valence-electron chi connectivity index (χ2n) is 25.8. The molecule has 348 valence electrons. The van der Waals surface area contributed by atoms with Crippen molar-refractivity contribution in [2.45, 2.75) is 149 Å². The van der Waals surface area contributed by atoms with Crippen molar-refractivity contribution in [2.75, 3.05) is 9.80 Å². The number of rotatable bonds is 8. The van der Waals surface area contributed by atoms with E-state index < -0.39 is 16.1 Å². The number of anilines is 6. The number of nitrogens with zero attached hydrogens (tertiary/aromatic N) is 2. The van der Waals surface area contributed by atoms with Crippen molar-refractivity contribution in [3.05, 3.63) is 179 Å². The van der Waals surface area contributed by atoms with Gasteiger partial charge in [0.15, 0.2) is 0 Å². The maximum absolute atomic E-state index is 2.63. The molecule has 1 aliphatic rings.